The maximum absolute atomic E-state index is 12.6. The largest absolute Gasteiger partial charge is 0.481 e. The molecule has 1 aromatic heterocycles. The standard InChI is InChI=1S/C16H16N4O5/c21-15(22)10-11-4-3-8-18(11)16(23)12-7-9-19(17-12)13-5-1-2-6-14(13)20(24)25/h1-2,5-7,9,11H,3-4,8,10H2,(H,21,22). The third kappa shape index (κ3) is 3.35. The molecule has 0 spiro atoms. The van der Waals surface area contributed by atoms with E-state index in [1.54, 1.807) is 18.2 Å². The number of rotatable bonds is 5. The van der Waals surface area contributed by atoms with Gasteiger partial charge in [0, 0.05) is 24.8 Å². The van der Waals surface area contributed by atoms with Gasteiger partial charge < -0.3 is 10.0 Å². The van der Waals surface area contributed by atoms with Crippen molar-refractivity contribution in [2.75, 3.05) is 6.54 Å². The van der Waals surface area contributed by atoms with E-state index in [0.717, 1.165) is 6.42 Å². The van der Waals surface area contributed by atoms with Gasteiger partial charge in [-0.25, -0.2) is 4.68 Å². The number of nitro groups is 1. The Balaban J connectivity index is 1.85. The van der Waals surface area contributed by atoms with Crippen LogP contribution in [0, 0.1) is 10.1 Å². The van der Waals surface area contributed by atoms with Crippen LogP contribution in [0.1, 0.15) is 29.8 Å². The van der Waals surface area contributed by atoms with Crippen LogP contribution in [0.3, 0.4) is 0 Å². The molecule has 2 heterocycles. The van der Waals surface area contributed by atoms with Crippen LogP contribution in [0.4, 0.5) is 5.69 Å². The Hall–Kier alpha value is -3.23. The maximum Gasteiger partial charge on any atom is 0.305 e. The number of aliphatic carboxylic acids is 1. The number of para-hydroxylation sites is 2. The van der Waals surface area contributed by atoms with Crippen molar-refractivity contribution < 1.29 is 19.6 Å². The minimum Gasteiger partial charge on any atom is -0.481 e. The summed E-state index contributed by atoms with van der Waals surface area (Å²) >= 11 is 0. The number of hydrogen-bond donors (Lipinski definition) is 1. The van der Waals surface area contributed by atoms with Crippen molar-refractivity contribution in [2.24, 2.45) is 0 Å². The summed E-state index contributed by atoms with van der Waals surface area (Å²) in [7, 11) is 0. The molecule has 9 nitrogen and oxygen atoms in total. The molecule has 1 atom stereocenters. The van der Waals surface area contributed by atoms with Gasteiger partial charge in [0.1, 0.15) is 5.69 Å². The lowest BCUT2D eigenvalue weighted by atomic mass is 10.1. The molecule has 130 valence electrons. The van der Waals surface area contributed by atoms with Gasteiger partial charge in [-0.05, 0) is 25.0 Å². The molecular weight excluding hydrogens is 328 g/mol. The lowest BCUT2D eigenvalue weighted by Crippen LogP contribution is -2.37. The second-order valence-corrected chi connectivity index (χ2v) is 5.78. The second kappa shape index (κ2) is 6.71. The summed E-state index contributed by atoms with van der Waals surface area (Å²) in [5, 5.41) is 24.2. The van der Waals surface area contributed by atoms with Gasteiger partial charge in [-0.1, -0.05) is 12.1 Å². The molecule has 25 heavy (non-hydrogen) atoms. The highest BCUT2D eigenvalue weighted by atomic mass is 16.6. The Labute approximate surface area is 142 Å². The predicted molar refractivity (Wildman–Crippen MR) is 86.5 cm³/mol. The van der Waals surface area contributed by atoms with Gasteiger partial charge in [-0.15, -0.1) is 0 Å². The minimum atomic E-state index is -0.949. The van der Waals surface area contributed by atoms with E-state index in [9.17, 15) is 19.7 Å². The van der Waals surface area contributed by atoms with Crippen LogP contribution < -0.4 is 0 Å². The average molecular weight is 344 g/mol. The van der Waals surface area contributed by atoms with Crippen LogP contribution in [0.15, 0.2) is 36.5 Å². The number of nitro benzene ring substituents is 1. The van der Waals surface area contributed by atoms with Crippen LogP contribution >= 0.6 is 0 Å². The molecular formula is C16H16N4O5. The van der Waals surface area contributed by atoms with Gasteiger partial charge >= 0.3 is 5.97 Å². The Bertz CT molecular complexity index is 831. The van der Waals surface area contributed by atoms with Gasteiger partial charge in [-0.2, -0.15) is 5.10 Å². The molecule has 1 fully saturated rings. The molecule has 0 saturated carbocycles. The summed E-state index contributed by atoms with van der Waals surface area (Å²) < 4.78 is 1.29. The molecule has 1 aliphatic rings. The van der Waals surface area contributed by atoms with E-state index in [4.69, 9.17) is 5.11 Å². The zero-order valence-corrected chi connectivity index (χ0v) is 13.2. The van der Waals surface area contributed by atoms with Crippen molar-refractivity contribution in [1.29, 1.82) is 0 Å². The lowest BCUT2D eigenvalue weighted by Gasteiger charge is -2.22. The Morgan fingerprint density at radius 2 is 2.08 bits per heavy atom. The number of likely N-dealkylation sites (tertiary alicyclic amines) is 1. The second-order valence-electron chi connectivity index (χ2n) is 5.78. The molecule has 3 rings (SSSR count). The number of benzene rings is 1. The summed E-state index contributed by atoms with van der Waals surface area (Å²) in [6.45, 7) is 0.481. The Kier molecular flexibility index (Phi) is 4.46. The van der Waals surface area contributed by atoms with E-state index in [1.165, 1.54) is 27.9 Å². The molecule has 1 aliphatic heterocycles. The summed E-state index contributed by atoms with van der Waals surface area (Å²) in [4.78, 5) is 35.7. The number of carbonyl (C=O) groups is 2. The molecule has 1 amide bonds. The zero-order valence-electron chi connectivity index (χ0n) is 13.2. The van der Waals surface area contributed by atoms with Crippen LogP contribution in [0.5, 0.6) is 0 Å². The van der Waals surface area contributed by atoms with E-state index in [1.807, 2.05) is 0 Å². The summed E-state index contributed by atoms with van der Waals surface area (Å²) in [6, 6.07) is 7.24. The molecule has 1 N–H and O–H groups in total. The highest BCUT2D eigenvalue weighted by Gasteiger charge is 2.32. The van der Waals surface area contributed by atoms with Crippen molar-refractivity contribution >= 4 is 17.6 Å². The number of aromatic nitrogens is 2. The van der Waals surface area contributed by atoms with E-state index in [-0.39, 0.29) is 35.4 Å². The molecule has 2 aromatic rings. The first kappa shape index (κ1) is 16.6. The minimum absolute atomic E-state index is 0.101. The summed E-state index contributed by atoms with van der Waals surface area (Å²) in [6.07, 6.45) is 2.77. The van der Waals surface area contributed by atoms with Crippen LogP contribution in [-0.4, -0.2) is 49.2 Å². The highest BCUT2D eigenvalue weighted by molar-refractivity contribution is 5.93. The molecule has 1 saturated heterocycles. The third-order valence-electron chi connectivity index (χ3n) is 4.18. The smallest absolute Gasteiger partial charge is 0.305 e. The Morgan fingerprint density at radius 3 is 2.80 bits per heavy atom. The molecule has 1 aromatic carbocycles. The third-order valence-corrected chi connectivity index (χ3v) is 4.18. The first-order valence-corrected chi connectivity index (χ1v) is 7.79. The van der Waals surface area contributed by atoms with Crippen LogP contribution in [0.25, 0.3) is 5.69 Å². The highest BCUT2D eigenvalue weighted by Crippen LogP contribution is 2.24. The van der Waals surface area contributed by atoms with E-state index < -0.39 is 10.9 Å². The number of carbonyl (C=O) groups excluding carboxylic acids is 1. The van der Waals surface area contributed by atoms with E-state index >= 15 is 0 Å². The number of amides is 1. The van der Waals surface area contributed by atoms with Gasteiger partial charge in [0.05, 0.1) is 11.3 Å². The fourth-order valence-electron chi connectivity index (χ4n) is 3.05. The number of carboxylic acid groups (broad SMARTS) is 1. The number of carboxylic acids is 1. The normalized spacial score (nSPS) is 16.8. The van der Waals surface area contributed by atoms with Crippen molar-refractivity contribution in [3.63, 3.8) is 0 Å². The molecule has 0 bridgehead atoms. The van der Waals surface area contributed by atoms with Crippen molar-refractivity contribution in [2.45, 2.75) is 25.3 Å². The first-order chi connectivity index (χ1) is 12.0. The quantitative estimate of drug-likeness (QED) is 0.653. The fourth-order valence-corrected chi connectivity index (χ4v) is 3.05. The first-order valence-electron chi connectivity index (χ1n) is 7.79. The molecule has 0 aliphatic carbocycles. The van der Waals surface area contributed by atoms with E-state index in [0.29, 0.717) is 13.0 Å². The van der Waals surface area contributed by atoms with Crippen molar-refractivity contribution in [1.82, 2.24) is 14.7 Å². The zero-order chi connectivity index (χ0) is 18.0. The Morgan fingerprint density at radius 1 is 1.32 bits per heavy atom. The topological polar surface area (TPSA) is 119 Å². The van der Waals surface area contributed by atoms with Crippen LogP contribution in [-0.2, 0) is 4.79 Å². The number of nitrogens with zero attached hydrogens (tertiary/aromatic N) is 4. The van der Waals surface area contributed by atoms with Gasteiger partial charge in [-0.3, -0.25) is 19.7 Å². The predicted octanol–water partition coefficient (Wildman–Crippen LogP) is 1.86. The molecule has 0 radical (unpaired) electrons. The molecule has 1 unspecified atom stereocenters. The maximum atomic E-state index is 12.6. The van der Waals surface area contributed by atoms with Crippen LogP contribution in [0.2, 0.25) is 0 Å². The SMILES string of the molecule is O=C(O)CC1CCCN1C(=O)c1ccn(-c2ccccc2[N+](=O)[O-])n1. The lowest BCUT2D eigenvalue weighted by molar-refractivity contribution is -0.384. The summed E-state index contributed by atoms with van der Waals surface area (Å²) in [5.41, 5.74) is 0.278. The average Bonchev–Trinajstić information content (AvgIpc) is 3.23. The van der Waals surface area contributed by atoms with Gasteiger partial charge in [0.2, 0.25) is 0 Å². The van der Waals surface area contributed by atoms with E-state index in [2.05, 4.69) is 5.10 Å². The van der Waals surface area contributed by atoms with Crippen molar-refractivity contribution in [3.8, 4) is 5.69 Å². The van der Waals surface area contributed by atoms with Gasteiger partial charge in [0.25, 0.3) is 11.6 Å². The summed E-state index contributed by atoms with van der Waals surface area (Å²) in [5.74, 6) is -1.31. The van der Waals surface area contributed by atoms with Crippen molar-refractivity contribution in [3.05, 3.63) is 52.3 Å². The number of hydrogen-bond acceptors (Lipinski definition) is 5. The molecule has 9 heteroatoms. The van der Waals surface area contributed by atoms with Gasteiger partial charge in [0.15, 0.2) is 5.69 Å². The monoisotopic (exact) mass is 344 g/mol. The fraction of sp³-hybridized carbons (Fsp3) is 0.312.